The van der Waals surface area contributed by atoms with Crippen molar-refractivity contribution in [3.63, 3.8) is 0 Å². The molecule has 20 heavy (non-hydrogen) atoms. The molecule has 0 amide bonds. The Balaban J connectivity index is 1.86. The molecule has 1 aliphatic heterocycles. The third-order valence-electron chi connectivity index (χ3n) is 3.53. The second kappa shape index (κ2) is 5.01. The van der Waals surface area contributed by atoms with Crippen molar-refractivity contribution in [2.45, 2.75) is 25.6 Å². The average Bonchev–Trinajstić information content (AvgIpc) is 2.83. The Bertz CT molecular complexity index is 639. The first-order valence-electron chi connectivity index (χ1n) is 6.40. The summed E-state index contributed by atoms with van der Waals surface area (Å²) in [5.41, 5.74) is 2.26. The first-order chi connectivity index (χ1) is 9.63. The molecule has 2 aromatic rings. The molecule has 7 nitrogen and oxygen atoms in total. The van der Waals surface area contributed by atoms with E-state index >= 15 is 0 Å². The summed E-state index contributed by atoms with van der Waals surface area (Å²) in [6.45, 7) is 0.977. The molecule has 1 aromatic carbocycles. The minimum Gasteiger partial charge on any atom is -0.480 e. The van der Waals surface area contributed by atoms with Crippen LogP contribution in [0, 0.1) is 0 Å². The number of aryl methyl sites for hydroxylation is 1. The van der Waals surface area contributed by atoms with Gasteiger partial charge in [-0.05, 0) is 22.8 Å². The van der Waals surface area contributed by atoms with Crippen LogP contribution in [0.4, 0.5) is 0 Å². The number of tetrazole rings is 1. The van der Waals surface area contributed by atoms with Crippen LogP contribution < -0.4 is 0 Å². The topological polar surface area (TPSA) is 84.1 Å². The van der Waals surface area contributed by atoms with Gasteiger partial charge in [0.25, 0.3) is 0 Å². The normalized spacial score (nSPS) is 18.8. The van der Waals surface area contributed by atoms with Crippen molar-refractivity contribution in [3.05, 3.63) is 41.2 Å². The number of aliphatic carboxylic acids is 1. The van der Waals surface area contributed by atoms with E-state index < -0.39 is 12.0 Å². The van der Waals surface area contributed by atoms with E-state index in [0.29, 0.717) is 25.3 Å². The molecule has 104 valence electrons. The van der Waals surface area contributed by atoms with Gasteiger partial charge in [0.15, 0.2) is 5.82 Å². The number of carboxylic acid groups (broad SMARTS) is 1. The summed E-state index contributed by atoms with van der Waals surface area (Å²) < 4.78 is 0. The van der Waals surface area contributed by atoms with Crippen molar-refractivity contribution in [1.29, 1.82) is 0 Å². The number of fused-ring (bicyclic) bond motifs is 1. The highest BCUT2D eigenvalue weighted by Crippen LogP contribution is 2.24. The van der Waals surface area contributed by atoms with Crippen LogP contribution >= 0.6 is 0 Å². The molecule has 0 aliphatic carbocycles. The van der Waals surface area contributed by atoms with Crippen LogP contribution in [0.3, 0.4) is 0 Å². The lowest BCUT2D eigenvalue weighted by molar-refractivity contribution is -0.144. The Morgan fingerprint density at radius 1 is 1.40 bits per heavy atom. The Kier molecular flexibility index (Phi) is 3.19. The van der Waals surface area contributed by atoms with E-state index in [1.54, 1.807) is 7.05 Å². The third-order valence-corrected chi connectivity index (χ3v) is 3.53. The van der Waals surface area contributed by atoms with Crippen LogP contribution in [0.25, 0.3) is 0 Å². The molecule has 1 N–H and O–H groups in total. The highest BCUT2D eigenvalue weighted by molar-refractivity contribution is 5.74. The fraction of sp³-hybridized carbons (Fsp3) is 0.385. The predicted octanol–water partition coefficient (Wildman–Crippen LogP) is 0.222. The SMILES string of the molecule is Cn1nnc(CN2Cc3ccccc3CC2C(=O)O)n1. The number of nitrogens with zero attached hydrogens (tertiary/aromatic N) is 5. The van der Waals surface area contributed by atoms with Gasteiger partial charge in [-0.1, -0.05) is 24.3 Å². The standard InChI is InChI=1S/C13H15N5O2/c1-17-15-12(14-16-17)8-18-7-10-5-3-2-4-9(10)6-11(18)13(19)20/h2-5,11H,6-8H2,1H3,(H,19,20). The number of aromatic nitrogens is 4. The maximum absolute atomic E-state index is 11.5. The van der Waals surface area contributed by atoms with Gasteiger partial charge in [0.05, 0.1) is 13.6 Å². The average molecular weight is 273 g/mol. The lowest BCUT2D eigenvalue weighted by atomic mass is 9.94. The van der Waals surface area contributed by atoms with Gasteiger partial charge in [-0.25, -0.2) is 0 Å². The zero-order valence-electron chi connectivity index (χ0n) is 11.1. The maximum atomic E-state index is 11.5. The monoisotopic (exact) mass is 273 g/mol. The molecule has 7 heteroatoms. The van der Waals surface area contributed by atoms with E-state index in [1.807, 2.05) is 29.2 Å². The highest BCUT2D eigenvalue weighted by Gasteiger charge is 2.31. The number of benzene rings is 1. The van der Waals surface area contributed by atoms with E-state index in [1.165, 1.54) is 4.80 Å². The molecule has 1 atom stereocenters. The first-order valence-corrected chi connectivity index (χ1v) is 6.40. The molecular formula is C13H15N5O2. The minimum atomic E-state index is -0.816. The molecular weight excluding hydrogens is 258 g/mol. The predicted molar refractivity (Wildman–Crippen MR) is 69.6 cm³/mol. The number of carboxylic acids is 1. The van der Waals surface area contributed by atoms with Gasteiger partial charge >= 0.3 is 5.97 Å². The Hall–Kier alpha value is -2.28. The molecule has 0 bridgehead atoms. The summed E-state index contributed by atoms with van der Waals surface area (Å²) in [7, 11) is 1.69. The van der Waals surface area contributed by atoms with Gasteiger partial charge in [-0.15, -0.1) is 10.2 Å². The number of carbonyl (C=O) groups is 1. The van der Waals surface area contributed by atoms with E-state index in [9.17, 15) is 9.90 Å². The van der Waals surface area contributed by atoms with Crippen LogP contribution in [0.1, 0.15) is 17.0 Å². The molecule has 3 rings (SSSR count). The van der Waals surface area contributed by atoms with Crippen LogP contribution in [0.15, 0.2) is 24.3 Å². The zero-order valence-corrected chi connectivity index (χ0v) is 11.1. The number of hydrogen-bond donors (Lipinski definition) is 1. The largest absolute Gasteiger partial charge is 0.480 e. The van der Waals surface area contributed by atoms with Crippen molar-refractivity contribution >= 4 is 5.97 Å². The second-order valence-corrected chi connectivity index (χ2v) is 4.93. The molecule has 0 spiro atoms. The Labute approximate surface area is 115 Å². The lowest BCUT2D eigenvalue weighted by Gasteiger charge is -2.33. The molecule has 0 radical (unpaired) electrons. The van der Waals surface area contributed by atoms with Gasteiger partial charge in [0, 0.05) is 6.54 Å². The molecule has 1 aliphatic rings. The summed E-state index contributed by atoms with van der Waals surface area (Å²) in [5.74, 6) is -0.276. The van der Waals surface area contributed by atoms with Crippen LogP contribution in [0.2, 0.25) is 0 Å². The lowest BCUT2D eigenvalue weighted by Crippen LogP contribution is -2.45. The third kappa shape index (κ3) is 2.39. The minimum absolute atomic E-state index is 0.388. The first kappa shape index (κ1) is 12.7. The highest BCUT2D eigenvalue weighted by atomic mass is 16.4. The second-order valence-electron chi connectivity index (χ2n) is 4.93. The summed E-state index contributed by atoms with van der Waals surface area (Å²) in [6, 6.07) is 7.39. The van der Waals surface area contributed by atoms with Crippen LogP contribution in [0.5, 0.6) is 0 Å². The van der Waals surface area contributed by atoms with Gasteiger partial charge in [0.2, 0.25) is 0 Å². The fourth-order valence-electron chi connectivity index (χ4n) is 2.56. The van der Waals surface area contributed by atoms with Crippen molar-refractivity contribution in [2.75, 3.05) is 0 Å². The van der Waals surface area contributed by atoms with Gasteiger partial charge in [-0.2, -0.15) is 4.80 Å². The van der Waals surface area contributed by atoms with E-state index in [-0.39, 0.29) is 0 Å². The van der Waals surface area contributed by atoms with Gasteiger partial charge in [0.1, 0.15) is 6.04 Å². The van der Waals surface area contributed by atoms with E-state index in [4.69, 9.17) is 0 Å². The summed E-state index contributed by atoms with van der Waals surface area (Å²) >= 11 is 0. The zero-order chi connectivity index (χ0) is 14.1. The molecule has 1 aromatic heterocycles. The molecule has 1 unspecified atom stereocenters. The molecule has 0 saturated carbocycles. The Morgan fingerprint density at radius 3 is 2.80 bits per heavy atom. The smallest absolute Gasteiger partial charge is 0.321 e. The van der Waals surface area contributed by atoms with Crippen molar-refractivity contribution in [1.82, 2.24) is 25.1 Å². The van der Waals surface area contributed by atoms with Crippen LogP contribution in [-0.4, -0.2) is 42.2 Å². The van der Waals surface area contributed by atoms with Crippen molar-refractivity contribution in [3.8, 4) is 0 Å². The number of hydrogen-bond acceptors (Lipinski definition) is 5. The quantitative estimate of drug-likeness (QED) is 0.861. The number of rotatable bonds is 3. The van der Waals surface area contributed by atoms with E-state index in [2.05, 4.69) is 15.4 Å². The molecule has 2 heterocycles. The van der Waals surface area contributed by atoms with E-state index in [0.717, 1.165) is 11.1 Å². The summed E-state index contributed by atoms with van der Waals surface area (Å²) in [6.07, 6.45) is 0.506. The summed E-state index contributed by atoms with van der Waals surface area (Å²) in [5, 5.41) is 21.2. The van der Waals surface area contributed by atoms with Crippen molar-refractivity contribution < 1.29 is 9.90 Å². The fourth-order valence-corrected chi connectivity index (χ4v) is 2.56. The van der Waals surface area contributed by atoms with Crippen LogP contribution in [-0.2, 0) is 31.4 Å². The Morgan fingerprint density at radius 2 is 2.15 bits per heavy atom. The van der Waals surface area contributed by atoms with Gasteiger partial charge < -0.3 is 5.11 Å². The van der Waals surface area contributed by atoms with Crippen molar-refractivity contribution in [2.24, 2.45) is 7.05 Å². The molecule has 0 saturated heterocycles. The molecule has 0 fully saturated rings. The maximum Gasteiger partial charge on any atom is 0.321 e. The summed E-state index contributed by atoms with van der Waals surface area (Å²) in [4.78, 5) is 14.7. The van der Waals surface area contributed by atoms with Gasteiger partial charge in [-0.3, -0.25) is 9.69 Å².